The first-order valence-electron chi connectivity index (χ1n) is 25.5. The highest BCUT2D eigenvalue weighted by Crippen LogP contribution is 2.41. The molecule has 2 aliphatic carbocycles. The van der Waals surface area contributed by atoms with E-state index in [9.17, 15) is 28.9 Å². The first-order chi connectivity index (χ1) is 38.6. The predicted octanol–water partition coefficient (Wildman–Crippen LogP) is 7.66. The highest BCUT2D eigenvalue weighted by molar-refractivity contribution is 7.59. The van der Waals surface area contributed by atoms with Gasteiger partial charge in [-0.3, -0.25) is 19.8 Å². The van der Waals surface area contributed by atoms with Crippen molar-refractivity contribution in [3.8, 4) is 23.8 Å². The Hall–Kier alpha value is -8.96. The molecule has 0 bridgehead atoms. The van der Waals surface area contributed by atoms with Crippen LogP contribution in [0.1, 0.15) is 122 Å². The number of aryl methyl sites for hydroxylation is 2. The molecule has 2 amide bonds. The number of allylic oxidation sites excluding steroid dienone is 1. The summed E-state index contributed by atoms with van der Waals surface area (Å²) in [6, 6.07) is 14.3. The van der Waals surface area contributed by atoms with Crippen LogP contribution in [0.15, 0.2) is 92.0 Å². The number of carbonyl (C=O) groups excluding carboxylic acids is 2. The number of amides is 2. The summed E-state index contributed by atoms with van der Waals surface area (Å²) in [5, 5.41) is 53.4. The van der Waals surface area contributed by atoms with E-state index in [1.807, 2.05) is 52.0 Å². The summed E-state index contributed by atoms with van der Waals surface area (Å²) >= 11 is 0. The third-order valence-electron chi connectivity index (χ3n) is 14.1. The normalized spacial score (nSPS) is 18.1. The second kappa shape index (κ2) is 26.5. The smallest absolute Gasteiger partial charge is 0.253 e. The van der Waals surface area contributed by atoms with E-state index >= 15 is 0 Å². The van der Waals surface area contributed by atoms with Crippen LogP contribution in [-0.4, -0.2) is 107 Å². The van der Waals surface area contributed by atoms with Crippen LogP contribution in [0.2, 0.25) is 0 Å². The van der Waals surface area contributed by atoms with Crippen molar-refractivity contribution in [1.82, 2.24) is 80.5 Å². The van der Waals surface area contributed by atoms with Gasteiger partial charge in [-0.05, 0) is 95.1 Å². The fourth-order valence-electron chi connectivity index (χ4n) is 9.48. The van der Waals surface area contributed by atoms with E-state index < -0.39 is 22.8 Å². The Morgan fingerprint density at radius 1 is 0.683 bits per heavy atom. The standard InChI is InChI=1S/C27H29FN10O2.C27H27FN10O2.2H2S/c2*1-16-10-22(37-36-16)34-23-14-30-21(11-29)25(35-23)18-6-8-27(40-3,9-7-18)26(39)33-17(2)19-4-5-24(31-12-19)38-15-20(28)13-32-38;;/h4-5,10,12-15,17-18H,6-9H2,1-3H3,(H,33,39)(H2,34,35,36,37);4-6,10,12-15,17H,7-9H2,1-3H3,(H,33,39)(H2,34,35,36,37);2*1H2/t17-,18?,27?;17-,27?;;/m00../s1. The van der Waals surface area contributed by atoms with Crippen LogP contribution in [0.3, 0.4) is 0 Å². The Labute approximate surface area is 483 Å². The summed E-state index contributed by atoms with van der Waals surface area (Å²) in [4.78, 5) is 53.4. The van der Waals surface area contributed by atoms with Crippen molar-refractivity contribution in [2.45, 2.75) is 102 Å². The number of aromatic nitrogens is 14. The van der Waals surface area contributed by atoms with Gasteiger partial charge in [0.1, 0.15) is 29.0 Å². The summed E-state index contributed by atoms with van der Waals surface area (Å²) < 4.78 is 40.8. The zero-order valence-electron chi connectivity index (χ0n) is 45.5. The first kappa shape index (κ1) is 60.7. The van der Waals surface area contributed by atoms with Gasteiger partial charge in [0.2, 0.25) is 0 Å². The molecule has 1 fully saturated rings. The quantitative estimate of drug-likeness (QED) is 0.0540. The summed E-state index contributed by atoms with van der Waals surface area (Å²) in [6.45, 7) is 7.50. The molecule has 0 aliphatic heterocycles. The van der Waals surface area contributed by atoms with Crippen molar-refractivity contribution in [2.24, 2.45) is 0 Å². The fourth-order valence-corrected chi connectivity index (χ4v) is 9.48. The van der Waals surface area contributed by atoms with Crippen LogP contribution in [0.25, 0.3) is 17.2 Å². The van der Waals surface area contributed by atoms with Gasteiger partial charge in [-0.2, -0.15) is 57.9 Å². The largest absolute Gasteiger partial charge is 0.368 e. The van der Waals surface area contributed by atoms with Gasteiger partial charge in [0, 0.05) is 62.5 Å². The molecular formula is C54H60F2N20O4S2. The summed E-state index contributed by atoms with van der Waals surface area (Å²) in [5.41, 5.74) is 3.60. The molecule has 8 heterocycles. The van der Waals surface area contributed by atoms with Gasteiger partial charge in [-0.1, -0.05) is 18.2 Å². The maximum Gasteiger partial charge on any atom is 0.253 e. The van der Waals surface area contributed by atoms with Gasteiger partial charge in [0.15, 0.2) is 57.9 Å². The Morgan fingerprint density at radius 2 is 1.18 bits per heavy atom. The lowest BCUT2D eigenvalue weighted by atomic mass is 9.76. The van der Waals surface area contributed by atoms with Crippen molar-refractivity contribution in [3.05, 3.63) is 149 Å². The summed E-state index contributed by atoms with van der Waals surface area (Å²) in [6.07, 6.45) is 16.1. The molecule has 2 aliphatic rings. The van der Waals surface area contributed by atoms with Crippen LogP contribution in [0.5, 0.6) is 0 Å². The molecule has 28 heteroatoms. The highest BCUT2D eigenvalue weighted by atomic mass is 32.1. The second-order valence-electron chi connectivity index (χ2n) is 19.4. The van der Waals surface area contributed by atoms with E-state index in [0.29, 0.717) is 91.2 Å². The van der Waals surface area contributed by atoms with Gasteiger partial charge >= 0.3 is 0 Å². The number of hydrogen-bond acceptors (Lipinski definition) is 18. The maximum absolute atomic E-state index is 13.4. The van der Waals surface area contributed by atoms with Crippen LogP contribution in [0, 0.1) is 48.1 Å². The van der Waals surface area contributed by atoms with Gasteiger partial charge in [0.25, 0.3) is 11.8 Å². The van der Waals surface area contributed by atoms with Crippen LogP contribution in [-0.2, 0) is 19.1 Å². The molecule has 0 radical (unpaired) electrons. The molecular weight excluding hydrogens is 1090 g/mol. The number of anilines is 4. The number of methoxy groups -OCH3 is 2. The Balaban J connectivity index is 0.000000230. The number of hydrogen-bond donors (Lipinski definition) is 6. The minimum absolute atomic E-state index is 0. The molecule has 3 atom stereocenters. The van der Waals surface area contributed by atoms with E-state index in [-0.39, 0.29) is 68.2 Å². The molecule has 6 N–H and O–H groups in total. The van der Waals surface area contributed by atoms with E-state index in [4.69, 9.17) is 9.47 Å². The number of carbonyl (C=O) groups is 2. The lowest BCUT2D eigenvalue weighted by molar-refractivity contribution is -0.148. The number of pyridine rings is 2. The molecule has 0 saturated heterocycles. The average molecular weight is 1160 g/mol. The Morgan fingerprint density at radius 3 is 1.60 bits per heavy atom. The molecule has 0 aromatic carbocycles. The minimum Gasteiger partial charge on any atom is -0.368 e. The van der Waals surface area contributed by atoms with Crippen LogP contribution < -0.4 is 21.3 Å². The Bertz CT molecular complexity index is 3620. The zero-order valence-corrected chi connectivity index (χ0v) is 47.5. The molecule has 1 unspecified atom stereocenters. The number of nitrogens with one attached hydrogen (secondary N) is 6. The van der Waals surface area contributed by atoms with Gasteiger partial charge in [-0.15, -0.1) is 0 Å². The molecule has 1 saturated carbocycles. The maximum atomic E-state index is 13.4. The number of nitrogens with zero attached hydrogens (tertiary/aromatic N) is 14. The Kier molecular flexibility index (Phi) is 19.6. The van der Waals surface area contributed by atoms with Crippen LogP contribution in [0.4, 0.5) is 32.1 Å². The summed E-state index contributed by atoms with van der Waals surface area (Å²) in [5.74, 6) is 1.64. The number of aromatic amines is 2. The third-order valence-corrected chi connectivity index (χ3v) is 14.1. The summed E-state index contributed by atoms with van der Waals surface area (Å²) in [7, 11) is 3.06. The molecule has 8 aromatic heterocycles. The van der Waals surface area contributed by atoms with Crippen molar-refractivity contribution in [3.63, 3.8) is 0 Å². The average Bonchev–Trinajstić information content (AvgIpc) is 4.44. The lowest BCUT2D eigenvalue weighted by Gasteiger charge is -2.38. The number of H-pyrrole nitrogens is 2. The zero-order chi connectivity index (χ0) is 56.6. The number of nitriles is 2. The number of halogens is 2. The van der Waals surface area contributed by atoms with Gasteiger partial charge in [-0.25, -0.2) is 48.0 Å². The van der Waals surface area contributed by atoms with Crippen molar-refractivity contribution in [1.29, 1.82) is 10.5 Å². The second-order valence-corrected chi connectivity index (χ2v) is 19.4. The van der Waals surface area contributed by atoms with Crippen molar-refractivity contribution < 1.29 is 27.8 Å². The van der Waals surface area contributed by atoms with E-state index in [2.05, 4.69) is 93.9 Å². The molecule has 10 rings (SSSR count). The van der Waals surface area contributed by atoms with Crippen molar-refractivity contribution in [2.75, 3.05) is 24.9 Å². The van der Waals surface area contributed by atoms with E-state index in [1.54, 1.807) is 37.7 Å². The van der Waals surface area contributed by atoms with E-state index in [0.717, 1.165) is 40.5 Å². The van der Waals surface area contributed by atoms with Gasteiger partial charge < -0.3 is 30.7 Å². The predicted molar refractivity (Wildman–Crippen MR) is 306 cm³/mol. The molecule has 0 spiro atoms. The molecule has 8 aromatic rings. The first-order valence-corrected chi connectivity index (χ1v) is 25.5. The van der Waals surface area contributed by atoms with Crippen LogP contribution >= 0.6 is 27.0 Å². The molecule has 82 heavy (non-hydrogen) atoms. The number of rotatable bonds is 16. The lowest BCUT2D eigenvalue weighted by Crippen LogP contribution is -2.50. The monoisotopic (exact) mass is 1150 g/mol. The highest BCUT2D eigenvalue weighted by Gasteiger charge is 2.44. The van der Waals surface area contributed by atoms with E-state index in [1.165, 1.54) is 41.3 Å². The SMILES string of the molecule is COC1(C(=O)N[C@@H](C)c2ccc(-n3cc(F)cn3)nc2)CC=C(c2nc(Nc3cc(C)[nH]n3)cnc2C#N)CC1.COC1(C(=O)N[C@@H](C)c2ccc(-n3cc(F)cn3)nc2)CCC(c2nc(Nc3cc(C)[nH]n3)cnc2C#N)CC1.S.S. The van der Waals surface area contributed by atoms with Crippen molar-refractivity contribution >= 4 is 67.7 Å². The number of ether oxygens (including phenoxy) is 2. The van der Waals surface area contributed by atoms with Gasteiger partial charge in [0.05, 0.1) is 55.0 Å². The molecule has 426 valence electrons. The molecule has 24 nitrogen and oxygen atoms in total. The minimum atomic E-state index is -1.08. The fraction of sp³-hybridized carbons (Fsp3) is 0.333. The topological polar surface area (TPSA) is 319 Å². The third kappa shape index (κ3) is 13.8.